The second-order valence-electron chi connectivity index (χ2n) is 2.34. The number of nitrogens with zero attached hydrogens (tertiary/aromatic N) is 1. The summed E-state index contributed by atoms with van der Waals surface area (Å²) in [5.74, 6) is -0.177. The third-order valence-electron chi connectivity index (χ3n) is 1.57. The topological polar surface area (TPSA) is 36.0 Å². The molecule has 1 heterocycles. The molecule has 0 saturated carbocycles. The number of hydrogen-bond donors (Lipinski definition) is 0. The molecule has 0 atom stereocenters. The first-order valence-corrected chi connectivity index (χ1v) is 3.39. The Morgan fingerprint density at radius 1 is 1.00 bits per heavy atom. The molecule has 2 aromatic rings. The van der Waals surface area contributed by atoms with Crippen LogP contribution in [0.3, 0.4) is 0 Å². The van der Waals surface area contributed by atoms with Gasteiger partial charge in [-0.05, 0) is 11.9 Å². The van der Waals surface area contributed by atoms with E-state index in [0.717, 1.165) is 10.9 Å². The molecule has 0 radical (unpaired) electrons. The fourth-order valence-corrected chi connectivity index (χ4v) is 1.05. The van der Waals surface area contributed by atoms with Gasteiger partial charge in [-0.3, -0.25) is 4.98 Å². The Balaban J connectivity index is 0.000000720. The van der Waals surface area contributed by atoms with Gasteiger partial charge in [0.15, 0.2) is 0 Å². The first-order chi connectivity index (χ1) is 5.36. The van der Waals surface area contributed by atoms with E-state index < -0.39 is 0 Å². The number of fused-ring (bicyclic) bond motifs is 1. The fraction of sp³-hybridized carbons (Fsp3) is 0. The molecule has 0 aliphatic heterocycles. The van der Waals surface area contributed by atoms with Crippen molar-refractivity contribution < 1.29 is 22.2 Å². The van der Waals surface area contributed by atoms with Crippen molar-refractivity contribution in [1.82, 2.24) is 4.98 Å². The van der Waals surface area contributed by atoms with Crippen LogP contribution in [0.5, 0.6) is 5.88 Å². The maximum Gasteiger partial charge on any atom is 1.00 e. The van der Waals surface area contributed by atoms with Gasteiger partial charge < -0.3 is 5.11 Å². The van der Waals surface area contributed by atoms with Crippen LogP contribution in [0.2, 0.25) is 0 Å². The molecule has 0 amide bonds. The molecule has 0 bridgehead atoms. The first kappa shape index (κ1) is 9.04. The van der Waals surface area contributed by atoms with Crippen LogP contribution >= 0.6 is 0 Å². The number of para-hydroxylation sites is 1. The molecule has 3 heteroatoms. The number of aromatic nitrogens is 1. The molecule has 0 fully saturated rings. The predicted octanol–water partition coefficient (Wildman–Crippen LogP) is 1.31. The first-order valence-electron chi connectivity index (χ1n) is 3.39. The van der Waals surface area contributed by atoms with E-state index in [9.17, 15) is 5.11 Å². The zero-order valence-electron chi connectivity index (χ0n) is 6.12. The van der Waals surface area contributed by atoms with Crippen LogP contribution in [-0.2, 0) is 17.1 Å². The summed E-state index contributed by atoms with van der Waals surface area (Å²) in [5.41, 5.74) is 0.764. The largest absolute Gasteiger partial charge is 1.00 e. The molecule has 0 spiro atoms. The molecule has 1 aromatic carbocycles. The monoisotopic (exact) mass is 207 g/mol. The minimum Gasteiger partial charge on any atom is -0.859 e. The summed E-state index contributed by atoms with van der Waals surface area (Å²) < 4.78 is 0. The zero-order valence-corrected chi connectivity index (χ0v) is 7.06. The number of pyridine rings is 1. The van der Waals surface area contributed by atoms with E-state index in [1.807, 2.05) is 24.3 Å². The van der Waals surface area contributed by atoms with Crippen molar-refractivity contribution in [3.05, 3.63) is 36.4 Å². The molecule has 2 nitrogen and oxygen atoms in total. The van der Waals surface area contributed by atoms with E-state index >= 15 is 0 Å². The standard InChI is InChI=1S/C9H7NO.Cu/c11-9-6-5-7-3-1-2-4-8(7)10-9;/h1-6H,(H,10,11);/q;+1/p-1. The van der Waals surface area contributed by atoms with Gasteiger partial charge in [-0.1, -0.05) is 30.3 Å². The van der Waals surface area contributed by atoms with Crippen molar-refractivity contribution in [1.29, 1.82) is 0 Å². The summed E-state index contributed by atoms with van der Waals surface area (Å²) in [7, 11) is 0. The Hall–Kier alpha value is -1.05. The summed E-state index contributed by atoms with van der Waals surface area (Å²) in [6.45, 7) is 0. The zero-order chi connectivity index (χ0) is 7.68. The van der Waals surface area contributed by atoms with Crippen LogP contribution in [0.15, 0.2) is 36.4 Å². The van der Waals surface area contributed by atoms with Gasteiger partial charge >= 0.3 is 17.1 Å². The average molecular weight is 208 g/mol. The van der Waals surface area contributed by atoms with Gasteiger partial charge in [0.05, 0.1) is 5.52 Å². The number of rotatable bonds is 0. The number of hydrogen-bond acceptors (Lipinski definition) is 2. The predicted molar refractivity (Wildman–Crippen MR) is 41.2 cm³/mol. The third kappa shape index (κ3) is 1.58. The Morgan fingerprint density at radius 3 is 2.58 bits per heavy atom. The van der Waals surface area contributed by atoms with E-state index in [4.69, 9.17) is 0 Å². The van der Waals surface area contributed by atoms with Gasteiger partial charge in [0.2, 0.25) is 0 Å². The van der Waals surface area contributed by atoms with Gasteiger partial charge in [0.25, 0.3) is 0 Å². The van der Waals surface area contributed by atoms with Gasteiger partial charge in [-0.25, -0.2) is 0 Å². The minimum absolute atomic E-state index is 0. The van der Waals surface area contributed by atoms with Crippen molar-refractivity contribution in [2.24, 2.45) is 0 Å². The van der Waals surface area contributed by atoms with Gasteiger partial charge in [-0.15, -0.1) is 0 Å². The third-order valence-corrected chi connectivity index (χ3v) is 1.57. The van der Waals surface area contributed by atoms with E-state index in [2.05, 4.69) is 4.98 Å². The van der Waals surface area contributed by atoms with E-state index in [-0.39, 0.29) is 22.9 Å². The Kier molecular flexibility index (Phi) is 2.69. The average Bonchev–Trinajstić information content (AvgIpc) is 2.04. The van der Waals surface area contributed by atoms with E-state index in [1.165, 1.54) is 6.07 Å². The molecule has 0 unspecified atom stereocenters. The fourth-order valence-electron chi connectivity index (χ4n) is 1.05. The molecular weight excluding hydrogens is 202 g/mol. The van der Waals surface area contributed by atoms with E-state index in [0.29, 0.717) is 0 Å². The van der Waals surface area contributed by atoms with Crippen LogP contribution in [0.25, 0.3) is 10.9 Å². The second-order valence-corrected chi connectivity index (χ2v) is 2.34. The summed E-state index contributed by atoms with van der Waals surface area (Å²) >= 11 is 0. The van der Waals surface area contributed by atoms with Crippen LogP contribution in [0, 0.1) is 0 Å². The van der Waals surface area contributed by atoms with Gasteiger partial charge in [-0.2, -0.15) is 0 Å². The van der Waals surface area contributed by atoms with Crippen LogP contribution in [0.1, 0.15) is 0 Å². The Bertz CT molecular complexity index is 389. The summed E-state index contributed by atoms with van der Waals surface area (Å²) in [6, 6.07) is 10.8. The van der Waals surface area contributed by atoms with Crippen molar-refractivity contribution in [2.45, 2.75) is 0 Å². The van der Waals surface area contributed by atoms with Gasteiger partial charge in [0, 0.05) is 5.39 Å². The number of benzene rings is 1. The summed E-state index contributed by atoms with van der Waals surface area (Å²) in [5, 5.41) is 11.8. The second kappa shape index (κ2) is 3.57. The van der Waals surface area contributed by atoms with Crippen LogP contribution in [0.4, 0.5) is 0 Å². The smallest absolute Gasteiger partial charge is 0.859 e. The summed E-state index contributed by atoms with van der Waals surface area (Å²) in [4.78, 5) is 3.82. The molecule has 2 rings (SSSR count). The molecule has 0 aliphatic rings. The maximum atomic E-state index is 10.8. The quantitative estimate of drug-likeness (QED) is 0.611. The van der Waals surface area contributed by atoms with Crippen LogP contribution in [-0.4, -0.2) is 4.98 Å². The minimum atomic E-state index is -0.177. The van der Waals surface area contributed by atoms with Crippen molar-refractivity contribution in [3.8, 4) is 5.88 Å². The SMILES string of the molecule is [Cu+].[O-]c1ccc2ccccc2n1. The molecule has 0 saturated heterocycles. The van der Waals surface area contributed by atoms with Crippen molar-refractivity contribution in [2.75, 3.05) is 0 Å². The molecule has 1 aromatic heterocycles. The molecule has 64 valence electrons. The summed E-state index contributed by atoms with van der Waals surface area (Å²) in [6.07, 6.45) is 0. The normalized spacial score (nSPS) is 9.33. The van der Waals surface area contributed by atoms with E-state index in [1.54, 1.807) is 6.07 Å². The Labute approximate surface area is 80.7 Å². The van der Waals surface area contributed by atoms with Crippen molar-refractivity contribution in [3.63, 3.8) is 0 Å². The van der Waals surface area contributed by atoms with Crippen molar-refractivity contribution >= 4 is 10.9 Å². The Morgan fingerprint density at radius 2 is 1.75 bits per heavy atom. The van der Waals surface area contributed by atoms with Crippen LogP contribution < -0.4 is 5.11 Å². The van der Waals surface area contributed by atoms with Gasteiger partial charge in [0.1, 0.15) is 0 Å². The molecule has 0 aliphatic carbocycles. The molecular formula is C9H6CuNO. The molecule has 0 N–H and O–H groups in total. The maximum absolute atomic E-state index is 10.8. The molecule has 12 heavy (non-hydrogen) atoms.